The third kappa shape index (κ3) is 5.27. The predicted octanol–water partition coefficient (Wildman–Crippen LogP) is 5.39. The summed E-state index contributed by atoms with van der Waals surface area (Å²) < 4.78 is 28.7. The summed E-state index contributed by atoms with van der Waals surface area (Å²) in [6, 6.07) is 17.0. The number of aryl methyl sites for hydroxylation is 1. The highest BCUT2D eigenvalue weighted by molar-refractivity contribution is 7.99. The average Bonchev–Trinajstić information content (AvgIpc) is 2.65. The molecule has 0 atom stereocenters. The molecule has 0 aliphatic rings. The summed E-state index contributed by atoms with van der Waals surface area (Å²) in [4.78, 5) is 17.9. The molecule has 1 heterocycles. The molecule has 0 aliphatic carbocycles. The standard InChI is InChI=1S/C20H16F2N2O2S/c1-13-4-10-16(11-5-13)27-19-17(3-2-12-23-19)18(25)24-14-6-8-15(9-7-14)26-20(21)22/h2-12,20H,1H3,(H,24,25). The zero-order chi connectivity index (χ0) is 19.2. The molecule has 138 valence electrons. The Bertz CT molecular complexity index is 916. The second kappa shape index (κ2) is 8.64. The summed E-state index contributed by atoms with van der Waals surface area (Å²) in [5.41, 5.74) is 2.05. The van der Waals surface area contributed by atoms with Crippen molar-refractivity contribution in [2.24, 2.45) is 0 Å². The molecule has 3 aromatic rings. The van der Waals surface area contributed by atoms with Crippen LogP contribution < -0.4 is 10.1 Å². The van der Waals surface area contributed by atoms with E-state index in [0.717, 1.165) is 10.5 Å². The highest BCUT2D eigenvalue weighted by Crippen LogP contribution is 2.29. The topological polar surface area (TPSA) is 51.2 Å². The molecular weight excluding hydrogens is 370 g/mol. The molecule has 1 amide bonds. The minimum atomic E-state index is -2.89. The molecule has 0 spiro atoms. The molecule has 0 saturated carbocycles. The van der Waals surface area contributed by atoms with Gasteiger partial charge in [-0.15, -0.1) is 0 Å². The van der Waals surface area contributed by atoms with E-state index < -0.39 is 6.61 Å². The van der Waals surface area contributed by atoms with Crippen molar-refractivity contribution < 1.29 is 18.3 Å². The van der Waals surface area contributed by atoms with Crippen molar-refractivity contribution in [3.63, 3.8) is 0 Å². The number of halogens is 2. The Morgan fingerprint density at radius 1 is 1.07 bits per heavy atom. The molecule has 0 aliphatic heterocycles. The highest BCUT2D eigenvalue weighted by Gasteiger charge is 2.14. The zero-order valence-electron chi connectivity index (χ0n) is 14.4. The minimum Gasteiger partial charge on any atom is -0.435 e. The lowest BCUT2D eigenvalue weighted by Gasteiger charge is -2.10. The first kappa shape index (κ1) is 18.8. The number of hydrogen-bond acceptors (Lipinski definition) is 4. The van der Waals surface area contributed by atoms with E-state index in [9.17, 15) is 13.6 Å². The molecule has 0 bridgehead atoms. The Morgan fingerprint density at radius 3 is 2.44 bits per heavy atom. The maximum Gasteiger partial charge on any atom is 0.387 e. The molecule has 27 heavy (non-hydrogen) atoms. The van der Waals surface area contributed by atoms with Crippen molar-refractivity contribution in [2.45, 2.75) is 23.5 Å². The third-order valence-corrected chi connectivity index (χ3v) is 4.62. The van der Waals surface area contributed by atoms with Crippen molar-refractivity contribution in [1.29, 1.82) is 0 Å². The lowest BCUT2D eigenvalue weighted by Crippen LogP contribution is -2.13. The number of aromatic nitrogens is 1. The normalized spacial score (nSPS) is 10.7. The first-order valence-corrected chi connectivity index (χ1v) is 8.89. The van der Waals surface area contributed by atoms with E-state index in [2.05, 4.69) is 15.0 Å². The van der Waals surface area contributed by atoms with Crippen molar-refractivity contribution >= 4 is 23.4 Å². The van der Waals surface area contributed by atoms with E-state index in [-0.39, 0.29) is 11.7 Å². The fourth-order valence-corrected chi connectivity index (χ4v) is 3.16. The van der Waals surface area contributed by atoms with Crippen molar-refractivity contribution in [2.75, 3.05) is 5.32 Å². The second-order valence-electron chi connectivity index (χ2n) is 5.63. The van der Waals surface area contributed by atoms with Crippen LogP contribution in [0.4, 0.5) is 14.5 Å². The number of carbonyl (C=O) groups is 1. The largest absolute Gasteiger partial charge is 0.435 e. The zero-order valence-corrected chi connectivity index (χ0v) is 15.2. The summed E-state index contributed by atoms with van der Waals surface area (Å²) >= 11 is 1.40. The van der Waals surface area contributed by atoms with Crippen LogP contribution in [0.5, 0.6) is 5.75 Å². The number of pyridine rings is 1. The van der Waals surface area contributed by atoms with Gasteiger partial charge in [-0.2, -0.15) is 8.78 Å². The number of amides is 1. The van der Waals surface area contributed by atoms with Gasteiger partial charge in [0.1, 0.15) is 10.8 Å². The van der Waals surface area contributed by atoms with Gasteiger partial charge in [-0.25, -0.2) is 4.98 Å². The maximum atomic E-state index is 12.6. The number of benzene rings is 2. The molecule has 2 aromatic carbocycles. The van der Waals surface area contributed by atoms with Crippen LogP contribution in [0.3, 0.4) is 0 Å². The van der Waals surface area contributed by atoms with Gasteiger partial charge in [0.05, 0.1) is 5.56 Å². The monoisotopic (exact) mass is 386 g/mol. The van der Waals surface area contributed by atoms with Crippen LogP contribution in [-0.4, -0.2) is 17.5 Å². The maximum absolute atomic E-state index is 12.6. The van der Waals surface area contributed by atoms with E-state index >= 15 is 0 Å². The predicted molar refractivity (Wildman–Crippen MR) is 101 cm³/mol. The van der Waals surface area contributed by atoms with Crippen LogP contribution in [0, 0.1) is 6.92 Å². The van der Waals surface area contributed by atoms with Gasteiger partial charge >= 0.3 is 6.61 Å². The molecule has 0 saturated heterocycles. The Labute approximate surface area is 159 Å². The van der Waals surface area contributed by atoms with Gasteiger partial charge < -0.3 is 10.1 Å². The van der Waals surface area contributed by atoms with E-state index in [4.69, 9.17) is 0 Å². The number of carbonyl (C=O) groups excluding carboxylic acids is 1. The van der Waals surface area contributed by atoms with Crippen molar-refractivity contribution in [3.05, 3.63) is 78.0 Å². The molecule has 1 aromatic heterocycles. The number of nitrogens with zero attached hydrogens (tertiary/aromatic N) is 1. The van der Waals surface area contributed by atoms with Crippen LogP contribution >= 0.6 is 11.8 Å². The van der Waals surface area contributed by atoms with Gasteiger partial charge in [0.15, 0.2) is 0 Å². The first-order valence-electron chi connectivity index (χ1n) is 8.07. The van der Waals surface area contributed by atoms with E-state index in [1.54, 1.807) is 18.3 Å². The third-order valence-electron chi connectivity index (χ3n) is 3.59. The summed E-state index contributed by atoms with van der Waals surface area (Å²) in [5, 5.41) is 3.32. The van der Waals surface area contributed by atoms with Crippen molar-refractivity contribution in [3.8, 4) is 5.75 Å². The molecule has 1 N–H and O–H groups in total. The Hall–Kier alpha value is -2.93. The molecule has 0 radical (unpaired) electrons. The van der Waals surface area contributed by atoms with Crippen LogP contribution in [0.25, 0.3) is 0 Å². The average molecular weight is 386 g/mol. The van der Waals surface area contributed by atoms with Gasteiger partial charge in [0, 0.05) is 16.8 Å². The van der Waals surface area contributed by atoms with Crippen LogP contribution in [0.15, 0.2) is 76.8 Å². The number of hydrogen-bond donors (Lipinski definition) is 1. The van der Waals surface area contributed by atoms with Crippen molar-refractivity contribution in [1.82, 2.24) is 4.98 Å². The van der Waals surface area contributed by atoms with Crippen LogP contribution in [0.2, 0.25) is 0 Å². The minimum absolute atomic E-state index is 0.0278. The summed E-state index contributed by atoms with van der Waals surface area (Å²) in [7, 11) is 0. The van der Waals surface area contributed by atoms with Gasteiger partial charge in [0.25, 0.3) is 5.91 Å². The first-order chi connectivity index (χ1) is 13.0. The molecular formula is C20H16F2N2O2S. The molecule has 0 fully saturated rings. The number of anilines is 1. The number of alkyl halides is 2. The van der Waals surface area contributed by atoms with E-state index in [1.165, 1.54) is 36.0 Å². The lowest BCUT2D eigenvalue weighted by atomic mass is 10.2. The van der Waals surface area contributed by atoms with E-state index in [1.807, 2.05) is 31.2 Å². The Morgan fingerprint density at radius 2 is 1.78 bits per heavy atom. The Kier molecular flexibility index (Phi) is 6.03. The summed E-state index contributed by atoms with van der Waals surface area (Å²) in [6.07, 6.45) is 1.63. The summed E-state index contributed by atoms with van der Waals surface area (Å²) in [5.74, 6) is -0.305. The number of rotatable bonds is 6. The van der Waals surface area contributed by atoms with E-state index in [0.29, 0.717) is 16.3 Å². The molecule has 7 heteroatoms. The van der Waals surface area contributed by atoms with Gasteiger partial charge in [0.2, 0.25) is 0 Å². The summed E-state index contributed by atoms with van der Waals surface area (Å²) in [6.45, 7) is -0.881. The second-order valence-corrected chi connectivity index (χ2v) is 6.69. The van der Waals surface area contributed by atoms with Gasteiger partial charge in [-0.1, -0.05) is 29.5 Å². The SMILES string of the molecule is Cc1ccc(Sc2ncccc2C(=O)Nc2ccc(OC(F)F)cc2)cc1. The van der Waals surface area contributed by atoms with Crippen LogP contribution in [0.1, 0.15) is 15.9 Å². The molecule has 0 unspecified atom stereocenters. The fraction of sp³-hybridized carbons (Fsp3) is 0.100. The Balaban J connectivity index is 1.74. The van der Waals surface area contributed by atoms with Crippen LogP contribution in [-0.2, 0) is 0 Å². The van der Waals surface area contributed by atoms with Gasteiger partial charge in [-0.05, 0) is 55.5 Å². The fourth-order valence-electron chi connectivity index (χ4n) is 2.28. The molecule has 4 nitrogen and oxygen atoms in total. The number of nitrogens with one attached hydrogen (secondary N) is 1. The van der Waals surface area contributed by atoms with Gasteiger partial charge in [-0.3, -0.25) is 4.79 Å². The highest BCUT2D eigenvalue weighted by atomic mass is 32.2. The smallest absolute Gasteiger partial charge is 0.387 e. The quantitative estimate of drug-likeness (QED) is 0.617. The number of ether oxygens (including phenoxy) is 1. The lowest BCUT2D eigenvalue weighted by molar-refractivity contribution is -0.0498. The molecule has 3 rings (SSSR count).